The Morgan fingerprint density at radius 3 is 2.16 bits per heavy atom. The van der Waals surface area contributed by atoms with E-state index in [0.717, 1.165) is 28.0 Å². The Morgan fingerprint density at radius 2 is 1.56 bits per heavy atom. The van der Waals surface area contributed by atoms with Crippen LogP contribution in [-0.4, -0.2) is 92.7 Å². The van der Waals surface area contributed by atoms with Gasteiger partial charge >= 0.3 is 24.0 Å². The number of amides is 2. The van der Waals surface area contributed by atoms with E-state index in [4.69, 9.17) is 23.7 Å². The maximum absolute atomic E-state index is 13.5. The van der Waals surface area contributed by atoms with Crippen LogP contribution in [0.15, 0.2) is 54.7 Å². The van der Waals surface area contributed by atoms with Gasteiger partial charge in [0.1, 0.15) is 41.6 Å². The van der Waals surface area contributed by atoms with Crippen molar-refractivity contribution < 1.29 is 47.7 Å². The fourth-order valence-electron chi connectivity index (χ4n) is 6.78. The lowest BCUT2D eigenvalue weighted by molar-refractivity contribution is -0.212. The molecule has 2 N–H and O–H groups in total. The average Bonchev–Trinajstić information content (AvgIpc) is 3.70. The lowest BCUT2D eigenvalue weighted by Gasteiger charge is -2.44. The molecule has 0 saturated carbocycles. The van der Waals surface area contributed by atoms with Crippen LogP contribution in [0.1, 0.15) is 77.6 Å². The Bertz CT molecular complexity index is 1820. The predicted octanol–water partition coefficient (Wildman–Crippen LogP) is 4.51. The Morgan fingerprint density at radius 1 is 0.945 bits per heavy atom. The van der Waals surface area contributed by atoms with Crippen molar-refractivity contribution in [3.05, 3.63) is 71.5 Å². The second-order valence-electron chi connectivity index (χ2n) is 14.5. The third-order valence-electron chi connectivity index (χ3n) is 9.02. The minimum atomic E-state index is -1.33. The number of hydrogen-bond donors (Lipinski definition) is 2. The molecular formula is C39H49N5O10S. The minimum absolute atomic E-state index is 0.0190. The van der Waals surface area contributed by atoms with Gasteiger partial charge in [-0.25, -0.2) is 9.48 Å². The summed E-state index contributed by atoms with van der Waals surface area (Å²) in [5, 5.41) is 13.6. The number of nitrogens with one attached hydrogen (secondary N) is 2. The minimum Gasteiger partial charge on any atom is -0.460 e. The van der Waals surface area contributed by atoms with E-state index in [1.54, 1.807) is 38.7 Å². The highest BCUT2D eigenvalue weighted by Gasteiger charge is 2.48. The first-order chi connectivity index (χ1) is 26.1. The van der Waals surface area contributed by atoms with Crippen LogP contribution in [0.25, 0.3) is 11.1 Å². The molecule has 0 radical (unpaired) electrons. The molecule has 3 unspecified atom stereocenters. The number of esters is 3. The van der Waals surface area contributed by atoms with Gasteiger partial charge in [-0.1, -0.05) is 67.6 Å². The zero-order valence-electron chi connectivity index (χ0n) is 32.1. The van der Waals surface area contributed by atoms with Crippen molar-refractivity contribution in [2.45, 2.75) is 109 Å². The van der Waals surface area contributed by atoms with Crippen LogP contribution in [0.4, 0.5) is 4.79 Å². The number of fused-ring (bicyclic) bond motifs is 3. The Hall–Kier alpha value is -4.96. The molecule has 1 aromatic heterocycles. The van der Waals surface area contributed by atoms with Gasteiger partial charge in [0, 0.05) is 25.7 Å². The van der Waals surface area contributed by atoms with Gasteiger partial charge in [-0.3, -0.25) is 19.2 Å². The van der Waals surface area contributed by atoms with Crippen LogP contribution >= 0.6 is 11.8 Å². The lowest BCUT2D eigenvalue weighted by Crippen LogP contribution is -2.57. The molecule has 2 aliphatic rings. The van der Waals surface area contributed by atoms with E-state index in [2.05, 4.69) is 20.9 Å². The highest BCUT2D eigenvalue weighted by Crippen LogP contribution is 2.44. The summed E-state index contributed by atoms with van der Waals surface area (Å²) in [5.74, 6) is -2.15. The monoisotopic (exact) mass is 779 g/mol. The van der Waals surface area contributed by atoms with Crippen LogP contribution in [0.3, 0.4) is 0 Å². The van der Waals surface area contributed by atoms with Gasteiger partial charge in [-0.15, -0.1) is 16.9 Å². The average molecular weight is 780 g/mol. The first-order valence-corrected chi connectivity index (χ1v) is 19.3. The number of aromatic nitrogens is 3. The predicted molar refractivity (Wildman–Crippen MR) is 201 cm³/mol. The molecule has 0 spiro atoms. The molecule has 2 amide bonds. The van der Waals surface area contributed by atoms with E-state index < -0.39 is 66.3 Å². The molecule has 2 heterocycles. The summed E-state index contributed by atoms with van der Waals surface area (Å²) in [5.41, 5.74) is 3.40. The van der Waals surface area contributed by atoms with Crippen LogP contribution < -0.4 is 10.6 Å². The second-order valence-corrected chi connectivity index (χ2v) is 15.8. The third-order valence-corrected chi connectivity index (χ3v) is 10.2. The molecule has 1 fully saturated rings. The number of carbonyl (C=O) groups is 5. The van der Waals surface area contributed by atoms with Crippen molar-refractivity contribution in [3.63, 3.8) is 0 Å². The Labute approximate surface area is 324 Å². The van der Waals surface area contributed by atoms with Crippen LogP contribution in [-0.2, 0) is 56.0 Å². The van der Waals surface area contributed by atoms with E-state index in [9.17, 15) is 24.0 Å². The van der Waals surface area contributed by atoms with Crippen LogP contribution in [0, 0.1) is 5.92 Å². The highest BCUT2D eigenvalue weighted by molar-refractivity contribution is 7.99. The van der Waals surface area contributed by atoms with Crippen molar-refractivity contribution in [1.82, 2.24) is 25.6 Å². The van der Waals surface area contributed by atoms with Crippen LogP contribution in [0.5, 0.6) is 0 Å². The summed E-state index contributed by atoms with van der Waals surface area (Å²) in [7, 11) is 0. The number of ether oxygens (including phenoxy) is 5. The standard InChI is InChI=1S/C39H49N5O10S/c1-8-55-37-22(2)34(51-23(3)45)35(52-24(4)46)32(53-37)20-44-19-25(42-43-44)18-40-36(48)31(17-33(47)54-39(5,6)7)41-38(49)50-21-30-28-15-11-9-13-26(28)27-14-10-12-16-29(27)30/h9-16,19,22,30-32,34-35,37H,8,17-18,20-21H2,1-7H3,(H,40,48)(H,41,49)/t22?,31-,32?,34?,35+,37+/m0/s1. The summed E-state index contributed by atoms with van der Waals surface area (Å²) in [6.45, 7) is 11.6. The van der Waals surface area contributed by atoms with Gasteiger partial charge in [0.25, 0.3) is 0 Å². The number of hydrogen-bond acceptors (Lipinski definition) is 13. The molecule has 16 heteroatoms. The van der Waals surface area contributed by atoms with E-state index in [-0.39, 0.29) is 37.0 Å². The van der Waals surface area contributed by atoms with Gasteiger partial charge < -0.3 is 34.3 Å². The molecule has 296 valence electrons. The maximum atomic E-state index is 13.5. The van der Waals surface area contributed by atoms with Crippen LogP contribution in [0.2, 0.25) is 0 Å². The summed E-state index contributed by atoms with van der Waals surface area (Å²) in [4.78, 5) is 63.6. The second kappa shape index (κ2) is 18.1. The van der Waals surface area contributed by atoms with Gasteiger partial charge in [-0.2, -0.15) is 0 Å². The van der Waals surface area contributed by atoms with Gasteiger partial charge in [0.05, 0.1) is 25.7 Å². The van der Waals surface area contributed by atoms with Gasteiger partial charge in [-0.05, 0) is 48.8 Å². The molecular weight excluding hydrogens is 731 g/mol. The van der Waals surface area contributed by atoms with Crippen molar-refractivity contribution in [2.75, 3.05) is 12.4 Å². The van der Waals surface area contributed by atoms with Crippen molar-refractivity contribution >= 4 is 41.7 Å². The molecule has 2 aromatic carbocycles. The molecule has 6 atom stereocenters. The number of thioether (sulfide) groups is 1. The Kier molecular flexibility index (Phi) is 13.6. The molecule has 1 saturated heterocycles. The number of carbonyl (C=O) groups excluding carboxylic acids is 5. The van der Waals surface area contributed by atoms with E-state index >= 15 is 0 Å². The number of benzene rings is 2. The number of alkyl carbamates (subject to hydrolysis) is 1. The normalized spacial score (nSPS) is 21.0. The van der Waals surface area contributed by atoms with Gasteiger partial charge in [0.15, 0.2) is 6.10 Å². The van der Waals surface area contributed by atoms with E-state index in [1.165, 1.54) is 18.5 Å². The number of rotatable bonds is 14. The summed E-state index contributed by atoms with van der Waals surface area (Å²) in [6, 6.07) is 14.5. The maximum Gasteiger partial charge on any atom is 0.407 e. The van der Waals surface area contributed by atoms with E-state index in [1.807, 2.05) is 62.4 Å². The molecule has 3 aromatic rings. The molecule has 1 aliphatic carbocycles. The SMILES string of the molecule is CCS[C@H]1OC(Cn2cc(CNC(=O)[C@H](CC(=O)OC(C)(C)C)NC(=O)OCC3c4ccccc4-c4ccccc43)nn2)[C@@H](OC(C)=O)C(OC(C)=O)C1C. The number of nitrogens with zero attached hydrogens (tertiary/aromatic N) is 3. The fourth-order valence-corrected chi connectivity index (χ4v) is 7.79. The largest absolute Gasteiger partial charge is 0.460 e. The molecule has 55 heavy (non-hydrogen) atoms. The van der Waals surface area contributed by atoms with Crippen molar-refractivity contribution in [1.29, 1.82) is 0 Å². The lowest BCUT2D eigenvalue weighted by atomic mass is 9.92. The highest BCUT2D eigenvalue weighted by atomic mass is 32.2. The quantitative estimate of drug-likeness (QED) is 0.172. The van der Waals surface area contributed by atoms with E-state index in [0.29, 0.717) is 5.69 Å². The van der Waals surface area contributed by atoms with Crippen molar-refractivity contribution in [2.24, 2.45) is 5.92 Å². The summed E-state index contributed by atoms with van der Waals surface area (Å²) in [6.07, 6.45) is -2.14. The summed E-state index contributed by atoms with van der Waals surface area (Å²) >= 11 is 1.54. The molecule has 15 nitrogen and oxygen atoms in total. The first kappa shape index (κ1) is 41.2. The molecule has 5 rings (SSSR count). The Balaban J connectivity index is 1.24. The topological polar surface area (TPSA) is 186 Å². The molecule has 1 aliphatic heterocycles. The zero-order chi connectivity index (χ0) is 39.9. The zero-order valence-corrected chi connectivity index (χ0v) is 32.9. The first-order valence-electron chi connectivity index (χ1n) is 18.2. The van der Waals surface area contributed by atoms with Crippen molar-refractivity contribution in [3.8, 4) is 11.1 Å². The smallest absolute Gasteiger partial charge is 0.407 e. The molecule has 0 bridgehead atoms. The fraction of sp³-hybridized carbons (Fsp3) is 0.513. The van der Waals surface area contributed by atoms with Gasteiger partial charge in [0.2, 0.25) is 5.91 Å². The summed E-state index contributed by atoms with van der Waals surface area (Å²) < 4.78 is 30.2. The third kappa shape index (κ3) is 10.8.